The van der Waals surface area contributed by atoms with Crippen molar-refractivity contribution in [2.45, 2.75) is 52.2 Å². The number of likely N-dealkylation sites (tertiary alicyclic amines) is 1. The zero-order chi connectivity index (χ0) is 31.0. The molecule has 0 saturated carbocycles. The molecular formula is C35H36N4O5. The topological polar surface area (TPSA) is 121 Å². The van der Waals surface area contributed by atoms with Crippen molar-refractivity contribution in [3.63, 3.8) is 0 Å². The van der Waals surface area contributed by atoms with Gasteiger partial charge in [-0.05, 0) is 68.1 Å². The largest absolute Gasteiger partial charge is 0.465 e. The summed E-state index contributed by atoms with van der Waals surface area (Å²) in [6.45, 7) is 8.98. The van der Waals surface area contributed by atoms with E-state index in [0.29, 0.717) is 30.2 Å². The number of amides is 2. The molecule has 2 aromatic heterocycles. The van der Waals surface area contributed by atoms with E-state index in [0.717, 1.165) is 38.9 Å². The summed E-state index contributed by atoms with van der Waals surface area (Å²) < 4.78 is 11.8. The lowest BCUT2D eigenvalue weighted by atomic mass is 9.93. The predicted molar refractivity (Wildman–Crippen MR) is 167 cm³/mol. The molecule has 1 aliphatic rings. The molecule has 2 atom stereocenters. The first-order valence-corrected chi connectivity index (χ1v) is 14.8. The Bertz CT molecular complexity index is 1800. The summed E-state index contributed by atoms with van der Waals surface area (Å²) in [5, 5.41) is 20.0. The summed E-state index contributed by atoms with van der Waals surface area (Å²) in [6, 6.07) is 23.4. The van der Waals surface area contributed by atoms with Crippen molar-refractivity contribution in [1.29, 1.82) is 0 Å². The van der Waals surface area contributed by atoms with Crippen LogP contribution < -0.4 is 10.6 Å². The first-order valence-electron chi connectivity index (χ1n) is 14.8. The van der Waals surface area contributed by atoms with Crippen LogP contribution in [-0.2, 0) is 11.2 Å². The molecule has 226 valence electrons. The van der Waals surface area contributed by atoms with Crippen LogP contribution in [0.3, 0.4) is 0 Å². The summed E-state index contributed by atoms with van der Waals surface area (Å²) in [5.41, 5.74) is 7.67. The Morgan fingerprint density at radius 3 is 2.45 bits per heavy atom. The first-order chi connectivity index (χ1) is 21.2. The Hall–Kier alpha value is -4.89. The molecule has 9 nitrogen and oxygen atoms in total. The van der Waals surface area contributed by atoms with Crippen molar-refractivity contribution in [2.24, 2.45) is 0 Å². The van der Waals surface area contributed by atoms with Crippen molar-refractivity contribution in [3.8, 4) is 0 Å². The number of furan rings is 1. The molecule has 0 radical (unpaired) electrons. The highest BCUT2D eigenvalue weighted by Crippen LogP contribution is 2.38. The molecule has 3 N–H and O–H groups in total. The van der Waals surface area contributed by atoms with E-state index in [2.05, 4.69) is 52.7 Å². The number of carbonyl (C=O) groups excluding carboxylic acids is 1. The molecule has 1 fully saturated rings. The number of nitrogens with zero attached hydrogens (tertiary/aromatic N) is 2. The molecule has 1 saturated heterocycles. The Labute approximate surface area is 255 Å². The van der Waals surface area contributed by atoms with Gasteiger partial charge in [-0.25, -0.2) is 4.79 Å². The lowest BCUT2D eigenvalue weighted by Crippen LogP contribution is -2.60. The van der Waals surface area contributed by atoms with E-state index >= 15 is 0 Å². The average Bonchev–Trinajstić information content (AvgIpc) is 3.53. The van der Waals surface area contributed by atoms with Crippen LogP contribution in [0.1, 0.15) is 62.7 Å². The van der Waals surface area contributed by atoms with Crippen LogP contribution in [0.15, 0.2) is 81.7 Å². The average molecular weight is 593 g/mol. The van der Waals surface area contributed by atoms with E-state index in [9.17, 15) is 9.59 Å². The van der Waals surface area contributed by atoms with Gasteiger partial charge < -0.3 is 24.7 Å². The number of hydrogen-bond acceptors (Lipinski definition) is 6. The summed E-state index contributed by atoms with van der Waals surface area (Å²) in [4.78, 5) is 26.8. The van der Waals surface area contributed by atoms with E-state index in [1.807, 2.05) is 68.4 Å². The third-order valence-corrected chi connectivity index (χ3v) is 8.37. The molecule has 0 aliphatic carbocycles. The smallest absolute Gasteiger partial charge is 0.404 e. The van der Waals surface area contributed by atoms with Crippen LogP contribution in [-0.4, -0.2) is 46.3 Å². The lowest BCUT2D eigenvalue weighted by molar-refractivity contribution is -0.120. The van der Waals surface area contributed by atoms with Crippen molar-refractivity contribution >= 4 is 23.0 Å². The second-order valence-corrected chi connectivity index (χ2v) is 11.7. The van der Waals surface area contributed by atoms with Gasteiger partial charge in [-0.3, -0.25) is 9.69 Å². The third kappa shape index (κ3) is 5.96. The number of hydrogen-bond donors (Lipinski definition) is 3. The Kier molecular flexibility index (Phi) is 7.97. The van der Waals surface area contributed by atoms with Crippen LogP contribution in [0.2, 0.25) is 0 Å². The first kappa shape index (κ1) is 29.2. The molecule has 6 rings (SSSR count). The maximum Gasteiger partial charge on any atom is 0.404 e. The van der Waals surface area contributed by atoms with Crippen LogP contribution in [0.4, 0.5) is 4.79 Å². The zero-order valence-corrected chi connectivity index (χ0v) is 25.3. The third-order valence-electron chi connectivity index (χ3n) is 8.37. The Morgan fingerprint density at radius 1 is 1.00 bits per heavy atom. The molecule has 9 heteroatoms. The number of nitrogens with one attached hydrogen (secondary N) is 2. The van der Waals surface area contributed by atoms with Crippen molar-refractivity contribution in [2.75, 3.05) is 13.1 Å². The fourth-order valence-electron chi connectivity index (χ4n) is 6.27. The highest BCUT2D eigenvalue weighted by molar-refractivity contribution is 5.83. The van der Waals surface area contributed by atoms with Crippen molar-refractivity contribution in [3.05, 3.63) is 123 Å². The van der Waals surface area contributed by atoms with Crippen molar-refractivity contribution < 1.29 is 23.6 Å². The van der Waals surface area contributed by atoms with E-state index in [1.54, 1.807) is 0 Å². The second kappa shape index (κ2) is 12.0. The van der Waals surface area contributed by atoms with E-state index in [-0.39, 0.29) is 30.5 Å². The predicted octanol–water partition coefficient (Wildman–Crippen LogP) is 6.14. The van der Waals surface area contributed by atoms with E-state index in [1.165, 1.54) is 5.56 Å². The number of aromatic nitrogens is 1. The maximum atomic E-state index is 13.5. The second-order valence-electron chi connectivity index (χ2n) is 11.7. The SMILES string of the molecule is Cc1ccc([C@@H](NC(=O)Cc2ccc3oc(C(c4c(C)noc4C)N4CC(NC(=O)O)C4)cc3c2)c2ccccc2)c(C)c1. The summed E-state index contributed by atoms with van der Waals surface area (Å²) in [5.74, 6) is 1.33. The van der Waals surface area contributed by atoms with Gasteiger partial charge >= 0.3 is 6.09 Å². The standard InChI is InChI=1S/C35H36N4O5/c1-20-10-12-28(21(2)14-20)33(25-8-6-5-7-9-25)37-31(40)16-24-11-13-29-26(15-24)17-30(43-29)34(32-22(3)38-44-23(32)4)39-18-27(19-39)36-35(41)42/h5-15,17,27,33-34,36H,16,18-19H2,1-4H3,(H,37,40)(H,41,42)/t33-,34?/m0/s1. The number of carbonyl (C=O) groups is 2. The lowest BCUT2D eigenvalue weighted by Gasteiger charge is -2.43. The number of rotatable bonds is 9. The molecule has 2 amide bonds. The number of carboxylic acid groups (broad SMARTS) is 1. The fraction of sp³-hybridized carbons (Fsp3) is 0.286. The van der Waals surface area contributed by atoms with Crippen LogP contribution in [0, 0.1) is 27.7 Å². The monoisotopic (exact) mass is 592 g/mol. The van der Waals surface area contributed by atoms with Gasteiger partial charge in [-0.2, -0.15) is 0 Å². The molecule has 5 aromatic rings. The molecule has 3 aromatic carbocycles. The molecular weight excluding hydrogens is 556 g/mol. The quantitative estimate of drug-likeness (QED) is 0.188. The number of benzene rings is 3. The van der Waals surface area contributed by atoms with Gasteiger partial charge in [0.25, 0.3) is 0 Å². The van der Waals surface area contributed by atoms with Crippen LogP contribution >= 0.6 is 0 Å². The minimum Gasteiger partial charge on any atom is -0.465 e. The molecule has 44 heavy (non-hydrogen) atoms. The van der Waals surface area contributed by atoms with Gasteiger partial charge in [-0.15, -0.1) is 0 Å². The highest BCUT2D eigenvalue weighted by atomic mass is 16.5. The minimum absolute atomic E-state index is 0.0759. The molecule has 0 bridgehead atoms. The molecule has 1 unspecified atom stereocenters. The Morgan fingerprint density at radius 2 is 1.77 bits per heavy atom. The number of aryl methyl sites for hydroxylation is 4. The van der Waals surface area contributed by atoms with Gasteiger partial charge in [0.05, 0.1) is 30.2 Å². The molecule has 1 aliphatic heterocycles. The van der Waals surface area contributed by atoms with Crippen LogP contribution in [0.25, 0.3) is 11.0 Å². The van der Waals surface area contributed by atoms with Gasteiger partial charge in [0, 0.05) is 24.0 Å². The van der Waals surface area contributed by atoms with Gasteiger partial charge in [-0.1, -0.05) is 65.3 Å². The zero-order valence-electron chi connectivity index (χ0n) is 25.3. The fourth-order valence-corrected chi connectivity index (χ4v) is 6.27. The highest BCUT2D eigenvalue weighted by Gasteiger charge is 2.39. The molecule has 0 spiro atoms. The van der Waals surface area contributed by atoms with Crippen LogP contribution in [0.5, 0.6) is 0 Å². The normalized spacial score (nSPS) is 15.1. The maximum absolute atomic E-state index is 13.5. The minimum atomic E-state index is -1.03. The van der Waals surface area contributed by atoms with Gasteiger partial charge in [0.15, 0.2) is 0 Å². The Balaban J connectivity index is 1.24. The van der Waals surface area contributed by atoms with E-state index in [4.69, 9.17) is 14.0 Å². The van der Waals surface area contributed by atoms with Crippen molar-refractivity contribution in [1.82, 2.24) is 20.7 Å². The molecule has 3 heterocycles. The number of fused-ring (bicyclic) bond motifs is 1. The summed E-state index contributed by atoms with van der Waals surface area (Å²) in [7, 11) is 0. The van der Waals surface area contributed by atoms with Gasteiger partial charge in [0.2, 0.25) is 5.91 Å². The summed E-state index contributed by atoms with van der Waals surface area (Å²) >= 11 is 0. The summed E-state index contributed by atoms with van der Waals surface area (Å²) in [6.07, 6.45) is -0.819. The van der Waals surface area contributed by atoms with Gasteiger partial charge in [0.1, 0.15) is 17.1 Å². The van der Waals surface area contributed by atoms with E-state index < -0.39 is 6.09 Å².